The van der Waals surface area contributed by atoms with Crippen molar-refractivity contribution < 1.29 is 9.18 Å². The number of piperidine rings is 1. The summed E-state index contributed by atoms with van der Waals surface area (Å²) in [7, 11) is 0. The van der Waals surface area contributed by atoms with E-state index in [0.29, 0.717) is 29.1 Å². The molecule has 0 aromatic heterocycles. The van der Waals surface area contributed by atoms with Crippen LogP contribution in [0.15, 0.2) is 66.7 Å². The molecule has 0 atom stereocenters. The number of hydrogen-bond acceptors (Lipinski definition) is 2. The van der Waals surface area contributed by atoms with Crippen molar-refractivity contribution in [2.75, 3.05) is 18.4 Å². The van der Waals surface area contributed by atoms with Crippen molar-refractivity contribution >= 4 is 23.2 Å². The lowest BCUT2D eigenvalue weighted by Crippen LogP contribution is -2.32. The van der Waals surface area contributed by atoms with Gasteiger partial charge >= 0.3 is 0 Å². The van der Waals surface area contributed by atoms with Crippen LogP contribution in [0.5, 0.6) is 0 Å². The van der Waals surface area contributed by atoms with Crippen molar-refractivity contribution in [3.63, 3.8) is 0 Å². The Morgan fingerprint density at radius 3 is 2.33 bits per heavy atom. The highest BCUT2D eigenvalue weighted by Gasteiger charge is 2.15. The number of carbonyl (C=O) groups is 1. The maximum atomic E-state index is 14.1. The minimum Gasteiger partial charge on any atom is -0.326 e. The molecule has 0 saturated carbocycles. The van der Waals surface area contributed by atoms with E-state index in [4.69, 9.17) is 11.6 Å². The first-order chi connectivity index (χ1) is 16.0. The molecular weight excluding hydrogens is 435 g/mol. The highest BCUT2D eigenvalue weighted by molar-refractivity contribution is 6.30. The number of amides is 1. The van der Waals surface area contributed by atoms with Gasteiger partial charge in [0.05, 0.1) is 0 Å². The van der Waals surface area contributed by atoms with E-state index in [1.807, 2.05) is 0 Å². The summed E-state index contributed by atoms with van der Waals surface area (Å²) in [6.07, 6.45) is 3.68. The summed E-state index contributed by atoms with van der Waals surface area (Å²) in [5, 5.41) is 3.29. The molecule has 3 aromatic carbocycles. The second kappa shape index (κ2) is 11.0. The fourth-order valence-electron chi connectivity index (χ4n) is 4.23. The van der Waals surface area contributed by atoms with Gasteiger partial charge < -0.3 is 5.32 Å². The molecule has 0 unspecified atom stereocenters. The van der Waals surface area contributed by atoms with Gasteiger partial charge in [0, 0.05) is 29.2 Å². The van der Waals surface area contributed by atoms with Crippen LogP contribution in [0.25, 0.3) is 11.1 Å². The predicted molar refractivity (Wildman–Crippen MR) is 134 cm³/mol. The molecule has 5 heteroatoms. The van der Waals surface area contributed by atoms with E-state index in [1.165, 1.54) is 37.6 Å². The summed E-state index contributed by atoms with van der Waals surface area (Å²) in [5.41, 5.74) is 4.41. The van der Waals surface area contributed by atoms with Crippen molar-refractivity contribution in [2.24, 2.45) is 5.92 Å². The van der Waals surface area contributed by atoms with Crippen LogP contribution in [-0.4, -0.2) is 23.9 Å². The Morgan fingerprint density at radius 2 is 1.67 bits per heavy atom. The molecule has 1 aliphatic rings. The SMILES string of the molecule is CC1CCN(Cc2ccc(CCC(=O)Nc3ccc(-c4ccc(Cl)cc4F)cc3)cc2)CC1. The molecule has 0 aliphatic carbocycles. The Bertz CT molecular complexity index is 1070. The Balaban J connectivity index is 1.25. The van der Waals surface area contributed by atoms with E-state index in [9.17, 15) is 9.18 Å². The highest BCUT2D eigenvalue weighted by atomic mass is 35.5. The number of nitrogens with one attached hydrogen (secondary N) is 1. The second-order valence-corrected chi connectivity index (χ2v) is 9.46. The summed E-state index contributed by atoms with van der Waals surface area (Å²) in [6, 6.07) is 20.4. The number of likely N-dealkylation sites (tertiary alicyclic amines) is 1. The van der Waals surface area contributed by atoms with Crippen molar-refractivity contribution in [1.29, 1.82) is 0 Å². The van der Waals surface area contributed by atoms with Crippen LogP contribution >= 0.6 is 11.6 Å². The summed E-state index contributed by atoms with van der Waals surface area (Å²) >= 11 is 5.82. The van der Waals surface area contributed by atoms with Crippen LogP contribution in [0.1, 0.15) is 37.3 Å². The topological polar surface area (TPSA) is 32.3 Å². The fraction of sp³-hybridized carbons (Fsp3) is 0.321. The van der Waals surface area contributed by atoms with Gasteiger partial charge in [0.1, 0.15) is 5.82 Å². The molecule has 1 heterocycles. The Labute approximate surface area is 200 Å². The third kappa shape index (κ3) is 6.66. The Morgan fingerprint density at radius 1 is 1.00 bits per heavy atom. The normalized spacial score (nSPS) is 14.9. The van der Waals surface area contributed by atoms with Gasteiger partial charge in [-0.05, 0) is 85.3 Å². The van der Waals surface area contributed by atoms with Crippen LogP contribution in [-0.2, 0) is 17.8 Å². The van der Waals surface area contributed by atoms with Crippen LogP contribution in [0.3, 0.4) is 0 Å². The zero-order valence-corrected chi connectivity index (χ0v) is 19.7. The van der Waals surface area contributed by atoms with Crippen molar-refractivity contribution in [2.45, 2.75) is 39.2 Å². The molecule has 3 aromatic rings. The molecule has 1 amide bonds. The summed E-state index contributed by atoms with van der Waals surface area (Å²) in [6.45, 7) is 5.70. The van der Waals surface area contributed by atoms with Gasteiger partial charge in [0.25, 0.3) is 0 Å². The van der Waals surface area contributed by atoms with E-state index < -0.39 is 0 Å². The summed E-state index contributed by atoms with van der Waals surface area (Å²) in [5.74, 6) is 0.446. The van der Waals surface area contributed by atoms with Crippen LogP contribution in [0.2, 0.25) is 5.02 Å². The molecule has 0 bridgehead atoms. The summed E-state index contributed by atoms with van der Waals surface area (Å²) < 4.78 is 14.1. The first kappa shape index (κ1) is 23.5. The molecule has 0 spiro atoms. The number of hydrogen-bond donors (Lipinski definition) is 1. The minimum atomic E-state index is -0.365. The lowest BCUT2D eigenvalue weighted by Gasteiger charge is -2.30. The smallest absolute Gasteiger partial charge is 0.224 e. The molecular formula is C28H30ClFN2O. The van der Waals surface area contributed by atoms with Crippen LogP contribution in [0, 0.1) is 11.7 Å². The van der Waals surface area contributed by atoms with Gasteiger partial charge in [-0.3, -0.25) is 9.69 Å². The monoisotopic (exact) mass is 464 g/mol. The third-order valence-corrected chi connectivity index (χ3v) is 6.59. The lowest BCUT2D eigenvalue weighted by molar-refractivity contribution is -0.116. The standard InChI is InChI=1S/C28H30ClFN2O/c1-20-14-16-32(17-15-20)19-22-4-2-21(3-5-22)6-13-28(33)31-25-10-7-23(8-11-25)26-12-9-24(29)18-27(26)30/h2-5,7-12,18,20H,6,13-17,19H2,1H3,(H,31,33). The van der Waals surface area contributed by atoms with Crippen molar-refractivity contribution in [1.82, 2.24) is 4.90 Å². The van der Waals surface area contributed by atoms with E-state index in [2.05, 4.69) is 41.4 Å². The fourth-order valence-corrected chi connectivity index (χ4v) is 4.39. The Kier molecular flexibility index (Phi) is 7.79. The average Bonchev–Trinajstić information content (AvgIpc) is 2.81. The first-order valence-corrected chi connectivity index (χ1v) is 12.0. The molecule has 33 heavy (non-hydrogen) atoms. The number of rotatable bonds is 7. The third-order valence-electron chi connectivity index (χ3n) is 6.36. The van der Waals surface area contributed by atoms with Gasteiger partial charge in [0.15, 0.2) is 0 Å². The van der Waals surface area contributed by atoms with Crippen molar-refractivity contribution in [3.05, 3.63) is 88.7 Å². The van der Waals surface area contributed by atoms with E-state index in [0.717, 1.165) is 23.6 Å². The summed E-state index contributed by atoms with van der Waals surface area (Å²) in [4.78, 5) is 14.9. The highest BCUT2D eigenvalue weighted by Crippen LogP contribution is 2.26. The molecule has 3 nitrogen and oxygen atoms in total. The molecule has 0 radical (unpaired) electrons. The Hall–Kier alpha value is -2.69. The van der Waals surface area contributed by atoms with E-state index in [1.54, 1.807) is 36.4 Å². The number of nitrogens with zero attached hydrogens (tertiary/aromatic N) is 1. The zero-order valence-electron chi connectivity index (χ0n) is 19.0. The number of anilines is 1. The molecule has 4 rings (SSSR count). The van der Waals surface area contributed by atoms with Gasteiger partial charge in [-0.1, -0.05) is 54.9 Å². The molecule has 172 valence electrons. The molecule has 1 N–H and O–H groups in total. The predicted octanol–water partition coefficient (Wildman–Crippen LogP) is 6.95. The van der Waals surface area contributed by atoms with Gasteiger partial charge in [-0.25, -0.2) is 4.39 Å². The largest absolute Gasteiger partial charge is 0.326 e. The quantitative estimate of drug-likeness (QED) is 0.410. The van der Waals surface area contributed by atoms with Crippen LogP contribution < -0.4 is 5.32 Å². The van der Waals surface area contributed by atoms with Gasteiger partial charge in [0.2, 0.25) is 5.91 Å². The van der Waals surface area contributed by atoms with E-state index >= 15 is 0 Å². The zero-order chi connectivity index (χ0) is 23.2. The maximum Gasteiger partial charge on any atom is 0.224 e. The molecule has 1 fully saturated rings. The molecule has 1 saturated heterocycles. The number of halogens is 2. The van der Waals surface area contributed by atoms with E-state index in [-0.39, 0.29) is 11.7 Å². The molecule has 1 aliphatic heterocycles. The second-order valence-electron chi connectivity index (χ2n) is 9.02. The number of carbonyl (C=O) groups excluding carboxylic acids is 1. The lowest BCUT2D eigenvalue weighted by atomic mass is 9.98. The maximum absolute atomic E-state index is 14.1. The van der Waals surface area contributed by atoms with Crippen LogP contribution in [0.4, 0.5) is 10.1 Å². The first-order valence-electron chi connectivity index (χ1n) is 11.6. The number of benzene rings is 3. The van der Waals surface area contributed by atoms with Gasteiger partial charge in [-0.15, -0.1) is 0 Å². The minimum absolute atomic E-state index is 0.0352. The average molecular weight is 465 g/mol. The van der Waals surface area contributed by atoms with Crippen molar-refractivity contribution in [3.8, 4) is 11.1 Å². The van der Waals surface area contributed by atoms with Gasteiger partial charge in [-0.2, -0.15) is 0 Å². The number of aryl methyl sites for hydroxylation is 1.